The van der Waals surface area contributed by atoms with Crippen LogP contribution >= 0.6 is 0 Å². The zero-order chi connectivity index (χ0) is 26.7. The zero-order valence-electron chi connectivity index (χ0n) is 22.0. The Balaban J connectivity index is 1.60. The van der Waals surface area contributed by atoms with Crippen LogP contribution in [0.15, 0.2) is 72.8 Å². The number of phenolic OH excluding ortho intramolecular Hbond substituents is 4. The molecule has 4 heteroatoms. The van der Waals surface area contributed by atoms with Crippen molar-refractivity contribution in [2.45, 2.75) is 58.8 Å². The molecule has 4 aromatic carbocycles. The van der Waals surface area contributed by atoms with Crippen LogP contribution in [-0.2, 0) is 31.1 Å². The van der Waals surface area contributed by atoms with Crippen LogP contribution < -0.4 is 0 Å². The van der Waals surface area contributed by atoms with Gasteiger partial charge in [0.05, 0.1) is 0 Å². The van der Waals surface area contributed by atoms with Gasteiger partial charge in [-0.05, 0) is 114 Å². The minimum absolute atomic E-state index is 0.243. The van der Waals surface area contributed by atoms with Crippen LogP contribution in [0.5, 0.6) is 23.0 Å². The van der Waals surface area contributed by atoms with Crippen LogP contribution in [0.25, 0.3) is 0 Å². The van der Waals surface area contributed by atoms with Crippen LogP contribution in [0.3, 0.4) is 0 Å². The first-order valence-electron chi connectivity index (χ1n) is 12.8. The van der Waals surface area contributed by atoms with Crippen molar-refractivity contribution in [1.82, 2.24) is 0 Å². The van der Waals surface area contributed by atoms with Gasteiger partial charge in [0, 0.05) is 5.41 Å². The molecule has 4 rings (SSSR count). The first-order chi connectivity index (χ1) is 17.5. The highest BCUT2D eigenvalue weighted by Gasteiger charge is 2.27. The minimum Gasteiger partial charge on any atom is -0.508 e. The normalized spacial score (nSPS) is 11.6. The molecule has 0 heterocycles. The van der Waals surface area contributed by atoms with E-state index in [0.29, 0.717) is 17.9 Å². The average Bonchev–Trinajstić information content (AvgIpc) is 2.86. The highest BCUT2D eigenvalue weighted by Crippen LogP contribution is 2.37. The summed E-state index contributed by atoms with van der Waals surface area (Å²) in [5.41, 5.74) is 7.78. The molecule has 0 atom stereocenters. The number of hydrogen-bond acceptors (Lipinski definition) is 4. The molecule has 0 aliphatic rings. The molecule has 4 aromatic rings. The van der Waals surface area contributed by atoms with E-state index in [2.05, 4.69) is 19.9 Å². The van der Waals surface area contributed by atoms with Crippen LogP contribution in [0.2, 0.25) is 0 Å². The number of hydrogen-bond donors (Lipinski definition) is 4. The summed E-state index contributed by atoms with van der Waals surface area (Å²) in [4.78, 5) is 0. The number of aromatic hydroxyl groups is 4. The van der Waals surface area contributed by atoms with Gasteiger partial charge < -0.3 is 20.4 Å². The number of benzene rings is 4. The Labute approximate surface area is 219 Å². The smallest absolute Gasteiger partial charge is 0.118 e. The molecule has 0 spiro atoms. The maximum absolute atomic E-state index is 10.6. The summed E-state index contributed by atoms with van der Waals surface area (Å²) in [6.45, 7) is 8.13. The quantitative estimate of drug-likeness (QED) is 0.211. The Kier molecular flexibility index (Phi) is 7.49. The highest BCUT2D eigenvalue weighted by molar-refractivity contribution is 5.49. The molecule has 0 aliphatic heterocycles. The predicted molar refractivity (Wildman–Crippen MR) is 149 cm³/mol. The lowest BCUT2D eigenvalue weighted by atomic mass is 9.74. The van der Waals surface area contributed by atoms with Gasteiger partial charge in [0.2, 0.25) is 0 Å². The fourth-order valence-electron chi connectivity index (χ4n) is 5.03. The molecule has 0 fully saturated rings. The molecule has 4 N–H and O–H groups in total. The third kappa shape index (κ3) is 5.91. The summed E-state index contributed by atoms with van der Waals surface area (Å²) < 4.78 is 0. The second-order valence-corrected chi connectivity index (χ2v) is 10.6. The van der Waals surface area contributed by atoms with Crippen molar-refractivity contribution < 1.29 is 20.4 Å². The van der Waals surface area contributed by atoms with Gasteiger partial charge in [-0.1, -0.05) is 56.3 Å². The molecule has 0 bridgehead atoms. The van der Waals surface area contributed by atoms with E-state index in [1.807, 2.05) is 56.3 Å². The van der Waals surface area contributed by atoms with Crippen molar-refractivity contribution >= 4 is 0 Å². The van der Waals surface area contributed by atoms with Gasteiger partial charge in [-0.2, -0.15) is 0 Å². The average molecular weight is 497 g/mol. The van der Waals surface area contributed by atoms with Crippen molar-refractivity contribution in [3.05, 3.63) is 117 Å². The Morgan fingerprint density at radius 3 is 1.65 bits per heavy atom. The Morgan fingerprint density at radius 1 is 0.541 bits per heavy atom. The Morgan fingerprint density at radius 2 is 1.08 bits per heavy atom. The van der Waals surface area contributed by atoms with Gasteiger partial charge in [0.1, 0.15) is 23.0 Å². The van der Waals surface area contributed by atoms with Crippen molar-refractivity contribution in [2.75, 3.05) is 0 Å². The first-order valence-corrected chi connectivity index (χ1v) is 12.8. The van der Waals surface area contributed by atoms with Gasteiger partial charge in [0.15, 0.2) is 0 Å². The molecular weight excluding hydrogens is 460 g/mol. The molecule has 0 unspecified atom stereocenters. The summed E-state index contributed by atoms with van der Waals surface area (Å²) >= 11 is 0. The van der Waals surface area contributed by atoms with Gasteiger partial charge >= 0.3 is 0 Å². The molecule has 0 aliphatic carbocycles. The van der Waals surface area contributed by atoms with E-state index < -0.39 is 0 Å². The maximum Gasteiger partial charge on any atom is 0.118 e. The second-order valence-electron chi connectivity index (χ2n) is 10.6. The van der Waals surface area contributed by atoms with Crippen molar-refractivity contribution in [3.8, 4) is 23.0 Å². The van der Waals surface area contributed by atoms with E-state index >= 15 is 0 Å². The van der Waals surface area contributed by atoms with Crippen molar-refractivity contribution in [1.29, 1.82) is 0 Å². The summed E-state index contributed by atoms with van der Waals surface area (Å²) in [7, 11) is 0. The van der Waals surface area contributed by atoms with Gasteiger partial charge in [0.25, 0.3) is 0 Å². The van der Waals surface area contributed by atoms with E-state index in [1.54, 1.807) is 24.3 Å². The number of aryl methyl sites for hydroxylation is 6. The Hall–Kier alpha value is -3.92. The standard InChI is InChI=1S/C33H36O4/c1-21-17-23(7-14-30(21)35)5-9-25-20-28(34)12-13-29(25)33(3,4)27-11-16-32(37)26(19-27)10-6-24-8-15-31(36)22(2)18-24/h7-8,11-20,34-37H,5-6,9-10H2,1-4H3. The summed E-state index contributed by atoms with van der Waals surface area (Å²) in [5, 5.41) is 40.5. The van der Waals surface area contributed by atoms with E-state index in [4.69, 9.17) is 0 Å². The van der Waals surface area contributed by atoms with Crippen LogP contribution in [0.1, 0.15) is 58.4 Å². The monoisotopic (exact) mass is 496 g/mol. The highest BCUT2D eigenvalue weighted by atomic mass is 16.3. The van der Waals surface area contributed by atoms with Crippen molar-refractivity contribution in [2.24, 2.45) is 0 Å². The van der Waals surface area contributed by atoms with E-state index in [-0.39, 0.29) is 16.9 Å². The molecular formula is C33H36O4. The summed E-state index contributed by atoms with van der Waals surface area (Å²) in [6, 6.07) is 22.7. The minimum atomic E-state index is -0.356. The molecule has 0 saturated carbocycles. The lowest BCUT2D eigenvalue weighted by Gasteiger charge is -2.29. The molecule has 0 radical (unpaired) electrons. The SMILES string of the molecule is Cc1cc(CCc2cc(C(C)(C)c3ccc(O)cc3CCc3ccc(O)c(C)c3)ccc2O)ccc1O. The fourth-order valence-corrected chi connectivity index (χ4v) is 5.03. The van der Waals surface area contributed by atoms with Crippen LogP contribution in [-0.4, -0.2) is 20.4 Å². The fraction of sp³-hybridized carbons (Fsp3) is 0.273. The molecule has 37 heavy (non-hydrogen) atoms. The number of rotatable bonds is 8. The van der Waals surface area contributed by atoms with Crippen molar-refractivity contribution in [3.63, 3.8) is 0 Å². The van der Waals surface area contributed by atoms with Gasteiger partial charge in [-0.15, -0.1) is 0 Å². The van der Waals surface area contributed by atoms with E-state index in [9.17, 15) is 20.4 Å². The lowest BCUT2D eigenvalue weighted by molar-refractivity contribution is 0.466. The third-order valence-corrected chi connectivity index (χ3v) is 7.45. The molecule has 192 valence electrons. The molecule has 0 amide bonds. The van der Waals surface area contributed by atoms with Gasteiger partial charge in [-0.3, -0.25) is 0 Å². The second kappa shape index (κ2) is 10.6. The first kappa shape index (κ1) is 26.2. The summed E-state index contributed by atoms with van der Waals surface area (Å²) in [5.74, 6) is 1.11. The molecule has 0 saturated heterocycles. The maximum atomic E-state index is 10.6. The molecule has 0 aromatic heterocycles. The predicted octanol–water partition coefficient (Wildman–Crippen LogP) is 7.02. The van der Waals surface area contributed by atoms with E-state index in [1.165, 1.54) is 0 Å². The topological polar surface area (TPSA) is 80.9 Å². The van der Waals surface area contributed by atoms with Crippen LogP contribution in [0, 0.1) is 13.8 Å². The van der Waals surface area contributed by atoms with E-state index in [0.717, 1.165) is 63.8 Å². The zero-order valence-corrected chi connectivity index (χ0v) is 22.0. The number of phenols is 4. The third-order valence-electron chi connectivity index (χ3n) is 7.45. The van der Waals surface area contributed by atoms with Gasteiger partial charge in [-0.25, -0.2) is 0 Å². The summed E-state index contributed by atoms with van der Waals surface area (Å²) in [6.07, 6.45) is 2.99. The molecule has 4 nitrogen and oxygen atoms in total. The largest absolute Gasteiger partial charge is 0.508 e. The van der Waals surface area contributed by atoms with Crippen LogP contribution in [0.4, 0.5) is 0 Å². The lowest BCUT2D eigenvalue weighted by Crippen LogP contribution is -2.21. The Bertz CT molecular complexity index is 1420.